The van der Waals surface area contributed by atoms with Crippen LogP contribution in [0.4, 0.5) is 5.69 Å². The van der Waals surface area contributed by atoms with Gasteiger partial charge >= 0.3 is 0 Å². The Morgan fingerprint density at radius 1 is 1.10 bits per heavy atom. The molecule has 0 aliphatic carbocycles. The molecule has 2 aromatic rings. The molecular weight excluding hydrogens is 432 g/mol. The standard InChI is InChI=1S/C20H25ClN2O6S/c1-14(20(24)22-11-12-29-19-8-6-5-7-18(19)28-3)23(30(4,25)26)16-13-15(21)9-10-17(16)27-2/h5-10,13-14H,11-12H2,1-4H3,(H,22,24)/t14-/m1/s1. The number of methoxy groups -OCH3 is 2. The first kappa shape index (κ1) is 23.6. The van der Waals surface area contributed by atoms with Gasteiger partial charge in [-0.1, -0.05) is 23.7 Å². The molecule has 8 nitrogen and oxygen atoms in total. The Balaban J connectivity index is 2.09. The minimum Gasteiger partial charge on any atom is -0.495 e. The van der Waals surface area contributed by atoms with Crippen molar-refractivity contribution in [3.8, 4) is 17.2 Å². The van der Waals surface area contributed by atoms with Crippen LogP contribution < -0.4 is 23.8 Å². The number of carbonyl (C=O) groups is 1. The van der Waals surface area contributed by atoms with E-state index in [0.29, 0.717) is 16.5 Å². The zero-order valence-corrected chi connectivity index (χ0v) is 18.8. The molecule has 1 N–H and O–H groups in total. The van der Waals surface area contributed by atoms with E-state index < -0.39 is 22.0 Å². The van der Waals surface area contributed by atoms with E-state index in [9.17, 15) is 13.2 Å². The van der Waals surface area contributed by atoms with E-state index in [4.69, 9.17) is 25.8 Å². The Hall–Kier alpha value is -2.65. The number of ether oxygens (including phenoxy) is 3. The van der Waals surface area contributed by atoms with Crippen LogP contribution in [0.15, 0.2) is 42.5 Å². The first-order valence-corrected chi connectivity index (χ1v) is 11.3. The minimum absolute atomic E-state index is 0.172. The Labute approximate surface area is 181 Å². The van der Waals surface area contributed by atoms with Crippen molar-refractivity contribution in [1.29, 1.82) is 0 Å². The third kappa shape index (κ3) is 5.93. The number of hydrogen-bond acceptors (Lipinski definition) is 6. The highest BCUT2D eigenvalue weighted by Gasteiger charge is 2.31. The molecule has 2 aromatic carbocycles. The molecule has 0 bridgehead atoms. The molecule has 0 aliphatic heterocycles. The largest absolute Gasteiger partial charge is 0.495 e. The zero-order chi connectivity index (χ0) is 22.3. The van der Waals surface area contributed by atoms with Gasteiger partial charge in [-0.25, -0.2) is 8.42 Å². The van der Waals surface area contributed by atoms with Crippen molar-refractivity contribution in [3.05, 3.63) is 47.5 Å². The van der Waals surface area contributed by atoms with Crippen LogP contribution >= 0.6 is 11.6 Å². The Kier molecular flexibility index (Phi) is 8.19. The molecule has 0 radical (unpaired) electrons. The summed E-state index contributed by atoms with van der Waals surface area (Å²) in [7, 11) is -0.861. The van der Waals surface area contributed by atoms with E-state index in [1.54, 1.807) is 30.3 Å². The van der Waals surface area contributed by atoms with Gasteiger partial charge in [-0.05, 0) is 37.3 Å². The average molecular weight is 457 g/mol. The summed E-state index contributed by atoms with van der Waals surface area (Å²) in [6.07, 6.45) is 1.02. The molecule has 0 aromatic heterocycles. The maximum absolute atomic E-state index is 12.7. The van der Waals surface area contributed by atoms with Crippen LogP contribution in [0.3, 0.4) is 0 Å². The maximum Gasteiger partial charge on any atom is 0.243 e. The van der Waals surface area contributed by atoms with Crippen molar-refractivity contribution in [2.24, 2.45) is 0 Å². The van der Waals surface area contributed by atoms with Gasteiger partial charge < -0.3 is 19.5 Å². The maximum atomic E-state index is 12.7. The predicted molar refractivity (Wildman–Crippen MR) is 116 cm³/mol. The van der Waals surface area contributed by atoms with Crippen molar-refractivity contribution >= 4 is 33.2 Å². The van der Waals surface area contributed by atoms with E-state index in [-0.39, 0.29) is 24.6 Å². The summed E-state index contributed by atoms with van der Waals surface area (Å²) in [5.74, 6) is 0.910. The van der Waals surface area contributed by atoms with Crippen LogP contribution in [-0.4, -0.2) is 54.0 Å². The number of para-hydroxylation sites is 2. The van der Waals surface area contributed by atoms with Crippen molar-refractivity contribution in [2.45, 2.75) is 13.0 Å². The molecule has 10 heteroatoms. The highest BCUT2D eigenvalue weighted by Crippen LogP contribution is 2.34. The smallest absolute Gasteiger partial charge is 0.243 e. The molecule has 0 aliphatic rings. The number of nitrogens with zero attached hydrogens (tertiary/aromatic N) is 1. The normalized spacial score (nSPS) is 12.0. The summed E-state index contributed by atoms with van der Waals surface area (Å²) >= 11 is 6.03. The van der Waals surface area contributed by atoms with Crippen molar-refractivity contribution < 1.29 is 27.4 Å². The molecule has 30 heavy (non-hydrogen) atoms. The van der Waals surface area contributed by atoms with Crippen LogP contribution in [0, 0.1) is 0 Å². The van der Waals surface area contributed by atoms with Gasteiger partial charge in [-0.15, -0.1) is 0 Å². The highest BCUT2D eigenvalue weighted by molar-refractivity contribution is 7.92. The number of benzene rings is 2. The Bertz CT molecular complexity index is 983. The fourth-order valence-corrected chi connectivity index (χ4v) is 4.17. The fourth-order valence-electron chi connectivity index (χ4n) is 2.84. The number of amides is 1. The Morgan fingerprint density at radius 2 is 1.73 bits per heavy atom. The van der Waals surface area contributed by atoms with E-state index in [1.165, 1.54) is 27.2 Å². The third-order valence-corrected chi connectivity index (χ3v) is 5.66. The average Bonchev–Trinajstić information content (AvgIpc) is 2.70. The first-order valence-electron chi connectivity index (χ1n) is 9.05. The SMILES string of the molecule is COc1ccccc1OCCNC(=O)[C@@H](C)N(c1cc(Cl)ccc1OC)S(C)(=O)=O. The second kappa shape index (κ2) is 10.4. The molecular formula is C20H25ClN2O6S. The fraction of sp³-hybridized carbons (Fsp3) is 0.350. The summed E-state index contributed by atoms with van der Waals surface area (Å²) in [6, 6.07) is 10.7. The number of rotatable bonds is 10. The lowest BCUT2D eigenvalue weighted by molar-refractivity contribution is -0.121. The number of nitrogens with one attached hydrogen (secondary N) is 1. The van der Waals surface area contributed by atoms with Gasteiger partial charge in [0.2, 0.25) is 15.9 Å². The van der Waals surface area contributed by atoms with Gasteiger partial charge in [0.15, 0.2) is 11.5 Å². The van der Waals surface area contributed by atoms with Crippen molar-refractivity contribution in [1.82, 2.24) is 5.32 Å². The third-order valence-electron chi connectivity index (χ3n) is 4.19. The molecule has 0 saturated heterocycles. The number of carbonyl (C=O) groups excluding carboxylic acids is 1. The van der Waals surface area contributed by atoms with Crippen LogP contribution in [0.1, 0.15) is 6.92 Å². The predicted octanol–water partition coefficient (Wildman–Crippen LogP) is 2.71. The van der Waals surface area contributed by atoms with Gasteiger partial charge in [-0.3, -0.25) is 9.10 Å². The lowest BCUT2D eigenvalue weighted by atomic mass is 10.2. The van der Waals surface area contributed by atoms with Crippen LogP contribution in [0.2, 0.25) is 5.02 Å². The number of halogens is 1. The van der Waals surface area contributed by atoms with Crippen molar-refractivity contribution in [2.75, 3.05) is 37.9 Å². The topological polar surface area (TPSA) is 94.2 Å². The molecule has 0 spiro atoms. The lowest BCUT2D eigenvalue weighted by Crippen LogP contribution is -2.48. The number of hydrogen-bond donors (Lipinski definition) is 1. The summed E-state index contributed by atoms with van der Waals surface area (Å²) in [5.41, 5.74) is 0.181. The first-order chi connectivity index (χ1) is 14.2. The minimum atomic E-state index is -3.81. The van der Waals surface area contributed by atoms with E-state index in [1.807, 2.05) is 6.07 Å². The van der Waals surface area contributed by atoms with E-state index in [2.05, 4.69) is 5.32 Å². The summed E-state index contributed by atoms with van der Waals surface area (Å²) in [5, 5.41) is 3.00. The van der Waals surface area contributed by atoms with Gasteiger partial charge in [0.1, 0.15) is 18.4 Å². The van der Waals surface area contributed by atoms with Crippen LogP contribution in [0.25, 0.3) is 0 Å². The van der Waals surface area contributed by atoms with Crippen LogP contribution in [-0.2, 0) is 14.8 Å². The quantitative estimate of drug-likeness (QED) is 0.552. The monoisotopic (exact) mass is 456 g/mol. The molecule has 1 atom stereocenters. The summed E-state index contributed by atoms with van der Waals surface area (Å²) in [6.45, 7) is 1.83. The van der Waals surface area contributed by atoms with Crippen LogP contribution in [0.5, 0.6) is 17.2 Å². The molecule has 0 heterocycles. The van der Waals surface area contributed by atoms with Gasteiger partial charge in [0.25, 0.3) is 0 Å². The highest BCUT2D eigenvalue weighted by atomic mass is 35.5. The van der Waals surface area contributed by atoms with E-state index >= 15 is 0 Å². The number of anilines is 1. The zero-order valence-electron chi connectivity index (χ0n) is 17.2. The van der Waals surface area contributed by atoms with Crippen molar-refractivity contribution in [3.63, 3.8) is 0 Å². The lowest BCUT2D eigenvalue weighted by Gasteiger charge is -2.29. The number of sulfonamides is 1. The molecule has 164 valence electrons. The summed E-state index contributed by atoms with van der Waals surface area (Å²) in [4.78, 5) is 12.7. The summed E-state index contributed by atoms with van der Waals surface area (Å²) < 4.78 is 41.9. The van der Waals surface area contributed by atoms with Gasteiger partial charge in [0.05, 0.1) is 32.7 Å². The van der Waals surface area contributed by atoms with E-state index in [0.717, 1.165) is 10.6 Å². The second-order valence-electron chi connectivity index (χ2n) is 6.34. The molecule has 0 saturated carbocycles. The van der Waals surface area contributed by atoms with Gasteiger partial charge in [-0.2, -0.15) is 0 Å². The van der Waals surface area contributed by atoms with Gasteiger partial charge in [0, 0.05) is 5.02 Å². The molecule has 2 rings (SSSR count). The molecule has 0 fully saturated rings. The molecule has 0 unspecified atom stereocenters. The molecule has 1 amide bonds. The second-order valence-corrected chi connectivity index (χ2v) is 8.64. The Morgan fingerprint density at radius 3 is 2.33 bits per heavy atom.